The van der Waals surface area contributed by atoms with E-state index in [1.54, 1.807) is 0 Å². The van der Waals surface area contributed by atoms with Gasteiger partial charge >= 0.3 is 0 Å². The van der Waals surface area contributed by atoms with Crippen LogP contribution < -0.4 is 5.32 Å². The minimum absolute atomic E-state index is 0.577. The average molecular weight is 250 g/mol. The molecule has 1 atom stereocenters. The van der Waals surface area contributed by atoms with Crippen molar-refractivity contribution >= 4 is 0 Å². The maximum absolute atomic E-state index is 4.32. The number of aryl methyl sites for hydroxylation is 1. The number of nitrogens with zero attached hydrogens (tertiary/aromatic N) is 3. The largest absolute Gasteiger partial charge is 0.314 e. The van der Waals surface area contributed by atoms with E-state index in [9.17, 15) is 0 Å². The highest BCUT2D eigenvalue weighted by Gasteiger charge is 2.15. The summed E-state index contributed by atoms with van der Waals surface area (Å²) in [5.41, 5.74) is 0. The summed E-state index contributed by atoms with van der Waals surface area (Å²) >= 11 is 0. The first-order chi connectivity index (χ1) is 8.81. The van der Waals surface area contributed by atoms with Crippen molar-refractivity contribution in [1.82, 2.24) is 20.1 Å². The maximum Gasteiger partial charge on any atom is 0.147 e. The molecule has 0 spiro atoms. The average Bonchev–Trinajstić information content (AvgIpc) is 2.80. The van der Waals surface area contributed by atoms with Gasteiger partial charge in [0.1, 0.15) is 11.6 Å². The van der Waals surface area contributed by atoms with E-state index < -0.39 is 0 Å². The molecule has 0 aliphatic carbocycles. The molecule has 1 N–H and O–H groups in total. The normalized spacial score (nSPS) is 16.6. The standard InChI is InChI=1S/C14H26N4/c1-3-4-5-8-12(2)15-11-14-17-16-13-9-6-7-10-18(13)14/h12,15H,3-11H2,1-2H3. The number of hydrogen-bond acceptors (Lipinski definition) is 3. The van der Waals surface area contributed by atoms with Gasteiger partial charge in [0.15, 0.2) is 0 Å². The zero-order valence-electron chi connectivity index (χ0n) is 11.8. The van der Waals surface area contributed by atoms with Gasteiger partial charge in [0.25, 0.3) is 0 Å². The molecule has 1 aliphatic rings. The Morgan fingerprint density at radius 1 is 1.28 bits per heavy atom. The maximum atomic E-state index is 4.32. The Hall–Kier alpha value is -0.900. The molecule has 1 aromatic rings. The summed E-state index contributed by atoms with van der Waals surface area (Å²) in [6.07, 6.45) is 8.84. The van der Waals surface area contributed by atoms with E-state index in [4.69, 9.17) is 0 Å². The fourth-order valence-corrected chi connectivity index (χ4v) is 2.57. The smallest absolute Gasteiger partial charge is 0.147 e. The van der Waals surface area contributed by atoms with Crippen LogP contribution in [0.1, 0.15) is 64.0 Å². The molecule has 0 saturated heterocycles. The third kappa shape index (κ3) is 3.55. The van der Waals surface area contributed by atoms with E-state index in [0.29, 0.717) is 6.04 Å². The molecule has 0 saturated carbocycles. The number of rotatable bonds is 7. The second-order valence-corrected chi connectivity index (χ2v) is 5.42. The summed E-state index contributed by atoms with van der Waals surface area (Å²) in [6.45, 7) is 6.48. The van der Waals surface area contributed by atoms with Gasteiger partial charge in [-0.05, 0) is 26.2 Å². The van der Waals surface area contributed by atoms with Crippen LogP contribution in [0.5, 0.6) is 0 Å². The Labute approximate surface area is 110 Å². The highest BCUT2D eigenvalue weighted by molar-refractivity contribution is 4.98. The van der Waals surface area contributed by atoms with Crippen LogP contribution in [-0.4, -0.2) is 20.8 Å². The van der Waals surface area contributed by atoms with Gasteiger partial charge in [-0.1, -0.05) is 26.2 Å². The monoisotopic (exact) mass is 250 g/mol. The van der Waals surface area contributed by atoms with Gasteiger partial charge in [-0.25, -0.2) is 0 Å². The van der Waals surface area contributed by atoms with E-state index in [0.717, 1.165) is 25.3 Å². The molecule has 0 amide bonds. The van der Waals surface area contributed by atoms with Crippen LogP contribution in [-0.2, 0) is 19.5 Å². The second kappa shape index (κ2) is 6.88. The third-order valence-corrected chi connectivity index (χ3v) is 3.79. The van der Waals surface area contributed by atoms with Gasteiger partial charge < -0.3 is 9.88 Å². The van der Waals surface area contributed by atoms with Crippen molar-refractivity contribution in [2.75, 3.05) is 0 Å². The van der Waals surface area contributed by atoms with E-state index >= 15 is 0 Å². The Kier molecular flexibility index (Phi) is 5.17. The van der Waals surface area contributed by atoms with Crippen molar-refractivity contribution in [1.29, 1.82) is 0 Å². The van der Waals surface area contributed by atoms with Gasteiger partial charge in [-0.3, -0.25) is 0 Å². The van der Waals surface area contributed by atoms with Crippen LogP contribution in [0.25, 0.3) is 0 Å². The molecule has 2 rings (SSSR count). The molecule has 4 heteroatoms. The van der Waals surface area contributed by atoms with Gasteiger partial charge in [-0.2, -0.15) is 0 Å². The minimum Gasteiger partial charge on any atom is -0.314 e. The van der Waals surface area contributed by atoms with Crippen LogP contribution in [0, 0.1) is 0 Å². The van der Waals surface area contributed by atoms with E-state index in [2.05, 4.69) is 33.9 Å². The fourth-order valence-electron chi connectivity index (χ4n) is 2.57. The molecule has 0 fully saturated rings. The van der Waals surface area contributed by atoms with Crippen LogP contribution in [0.2, 0.25) is 0 Å². The van der Waals surface area contributed by atoms with Gasteiger partial charge in [0.05, 0.1) is 6.54 Å². The summed E-state index contributed by atoms with van der Waals surface area (Å²) in [4.78, 5) is 0. The summed E-state index contributed by atoms with van der Waals surface area (Å²) < 4.78 is 2.30. The summed E-state index contributed by atoms with van der Waals surface area (Å²) in [5, 5.41) is 12.2. The Balaban J connectivity index is 1.77. The summed E-state index contributed by atoms with van der Waals surface area (Å²) in [5.74, 6) is 2.30. The van der Waals surface area contributed by atoms with E-state index in [1.807, 2.05) is 0 Å². The molecular formula is C14H26N4. The number of nitrogens with one attached hydrogen (secondary N) is 1. The molecule has 2 heterocycles. The zero-order valence-corrected chi connectivity index (χ0v) is 11.8. The quantitative estimate of drug-likeness (QED) is 0.757. The highest BCUT2D eigenvalue weighted by atomic mass is 15.3. The molecule has 0 radical (unpaired) electrons. The van der Waals surface area contributed by atoms with Crippen molar-refractivity contribution in [3.8, 4) is 0 Å². The zero-order chi connectivity index (χ0) is 12.8. The molecule has 0 bridgehead atoms. The molecule has 1 aliphatic heterocycles. The summed E-state index contributed by atoms with van der Waals surface area (Å²) in [7, 11) is 0. The van der Waals surface area contributed by atoms with E-state index in [-0.39, 0.29) is 0 Å². The topological polar surface area (TPSA) is 42.7 Å². The number of aromatic nitrogens is 3. The van der Waals surface area contributed by atoms with Crippen molar-refractivity contribution in [2.24, 2.45) is 0 Å². The molecule has 102 valence electrons. The van der Waals surface area contributed by atoms with Crippen molar-refractivity contribution in [3.63, 3.8) is 0 Å². The number of fused-ring (bicyclic) bond motifs is 1. The van der Waals surface area contributed by atoms with Crippen molar-refractivity contribution < 1.29 is 0 Å². The van der Waals surface area contributed by atoms with Crippen LogP contribution in [0.4, 0.5) is 0 Å². The van der Waals surface area contributed by atoms with Gasteiger partial charge in [0.2, 0.25) is 0 Å². The molecule has 1 unspecified atom stereocenters. The molecule has 18 heavy (non-hydrogen) atoms. The molecule has 4 nitrogen and oxygen atoms in total. The van der Waals surface area contributed by atoms with Crippen molar-refractivity contribution in [2.45, 2.75) is 77.9 Å². The lowest BCUT2D eigenvalue weighted by atomic mass is 10.1. The van der Waals surface area contributed by atoms with Crippen LogP contribution >= 0.6 is 0 Å². The Bertz CT molecular complexity index is 359. The van der Waals surface area contributed by atoms with Crippen LogP contribution in [0.15, 0.2) is 0 Å². The first-order valence-corrected chi connectivity index (χ1v) is 7.45. The SMILES string of the molecule is CCCCCC(C)NCc1nnc2n1CCCC2. The third-order valence-electron chi connectivity index (χ3n) is 3.79. The fraction of sp³-hybridized carbons (Fsp3) is 0.857. The summed E-state index contributed by atoms with van der Waals surface area (Å²) in [6, 6.07) is 0.577. The predicted molar refractivity (Wildman–Crippen MR) is 73.4 cm³/mol. The first kappa shape index (κ1) is 13.5. The van der Waals surface area contributed by atoms with Gasteiger partial charge in [-0.15, -0.1) is 10.2 Å². The number of unbranched alkanes of at least 4 members (excludes halogenated alkanes) is 2. The number of hydrogen-bond donors (Lipinski definition) is 1. The lowest BCUT2D eigenvalue weighted by Gasteiger charge is -2.17. The lowest BCUT2D eigenvalue weighted by molar-refractivity contribution is 0.456. The predicted octanol–water partition coefficient (Wildman–Crippen LogP) is 2.67. The second-order valence-electron chi connectivity index (χ2n) is 5.42. The minimum atomic E-state index is 0.577. The molecule has 0 aromatic carbocycles. The molecule has 1 aromatic heterocycles. The highest BCUT2D eigenvalue weighted by Crippen LogP contribution is 2.14. The van der Waals surface area contributed by atoms with E-state index in [1.165, 1.54) is 44.3 Å². The van der Waals surface area contributed by atoms with Crippen LogP contribution in [0.3, 0.4) is 0 Å². The Morgan fingerprint density at radius 3 is 3.00 bits per heavy atom. The Morgan fingerprint density at radius 2 is 2.17 bits per heavy atom. The van der Waals surface area contributed by atoms with Crippen molar-refractivity contribution in [3.05, 3.63) is 11.6 Å². The molecular weight excluding hydrogens is 224 g/mol. The van der Waals surface area contributed by atoms with Gasteiger partial charge in [0, 0.05) is 19.0 Å². The first-order valence-electron chi connectivity index (χ1n) is 7.45. The lowest BCUT2D eigenvalue weighted by Crippen LogP contribution is -2.27.